The summed E-state index contributed by atoms with van der Waals surface area (Å²) in [5.41, 5.74) is 1.00. The topological polar surface area (TPSA) is 139 Å². The summed E-state index contributed by atoms with van der Waals surface area (Å²) in [6.07, 6.45) is 3.25. The molecule has 0 bridgehead atoms. The van der Waals surface area contributed by atoms with E-state index in [1.807, 2.05) is 27.7 Å². The van der Waals surface area contributed by atoms with Gasteiger partial charge in [-0.05, 0) is 42.4 Å². The number of aliphatic hydroxyl groups is 1. The van der Waals surface area contributed by atoms with Crippen LogP contribution in [0.25, 0.3) is 0 Å². The van der Waals surface area contributed by atoms with E-state index in [-0.39, 0.29) is 33.2 Å². The van der Waals surface area contributed by atoms with Gasteiger partial charge in [-0.3, -0.25) is 9.78 Å². The van der Waals surface area contributed by atoms with Gasteiger partial charge >= 0.3 is 0 Å². The third-order valence-electron chi connectivity index (χ3n) is 4.60. The quantitative estimate of drug-likeness (QED) is 0.538. The van der Waals surface area contributed by atoms with Crippen molar-refractivity contribution in [3.63, 3.8) is 0 Å². The first kappa shape index (κ1) is 25.0. The Morgan fingerprint density at radius 2 is 1.74 bits per heavy atom. The van der Waals surface area contributed by atoms with E-state index in [4.69, 9.17) is 0 Å². The lowest BCUT2D eigenvalue weighted by Gasteiger charge is -2.18. The molecule has 0 spiro atoms. The van der Waals surface area contributed by atoms with Crippen LogP contribution in [0.4, 0.5) is 0 Å². The number of sulfonamides is 1. The molecular formula is C20H28N4O5S2. The number of carbonyl (C=O) groups excluding carboxylic acids is 1. The van der Waals surface area contributed by atoms with Crippen molar-refractivity contribution in [2.45, 2.75) is 76.2 Å². The van der Waals surface area contributed by atoms with Gasteiger partial charge < -0.3 is 5.11 Å². The van der Waals surface area contributed by atoms with E-state index in [1.165, 1.54) is 13.8 Å². The zero-order chi connectivity index (χ0) is 23.6. The molecule has 2 aromatic rings. The molecule has 9 nitrogen and oxygen atoms in total. The third kappa shape index (κ3) is 5.92. The molecule has 0 unspecified atom stereocenters. The maximum atomic E-state index is 12.9. The average Bonchev–Trinajstić information content (AvgIpc) is 3.06. The highest BCUT2D eigenvalue weighted by molar-refractivity contribution is 7.92. The molecule has 0 fully saturated rings. The molecular weight excluding hydrogens is 440 g/mol. The Kier molecular flexibility index (Phi) is 7.66. The fourth-order valence-corrected chi connectivity index (χ4v) is 5.58. The van der Waals surface area contributed by atoms with Crippen LogP contribution in [0.15, 0.2) is 21.8 Å². The summed E-state index contributed by atoms with van der Waals surface area (Å²) in [5, 5.41) is 13.0. The number of pyridine rings is 1. The lowest BCUT2D eigenvalue weighted by molar-refractivity contribution is -0.118. The molecule has 0 aliphatic carbocycles. The molecule has 0 saturated carbocycles. The second-order valence-electron chi connectivity index (χ2n) is 8.41. The van der Waals surface area contributed by atoms with Crippen molar-refractivity contribution in [2.24, 2.45) is 5.18 Å². The van der Waals surface area contributed by atoms with E-state index in [1.54, 1.807) is 12.4 Å². The van der Waals surface area contributed by atoms with Gasteiger partial charge in [-0.1, -0.05) is 32.9 Å². The number of aromatic nitrogens is 2. The summed E-state index contributed by atoms with van der Waals surface area (Å²) in [4.78, 5) is 31.8. The predicted octanol–water partition coefficient (Wildman–Crippen LogP) is 3.33. The Bertz CT molecular complexity index is 1040. The van der Waals surface area contributed by atoms with Crippen LogP contribution in [-0.2, 0) is 33.4 Å². The first-order valence-corrected chi connectivity index (χ1v) is 12.1. The van der Waals surface area contributed by atoms with Crippen LogP contribution in [0.3, 0.4) is 0 Å². The molecule has 2 N–H and O–H groups in total. The SMILES string of the molecule is CC(C)c1cncc(C(C)C)c1CC(=O)NS(=O)(=O)c1sc(C(C)(C)O)nc1CN=O. The molecule has 0 atom stereocenters. The van der Waals surface area contributed by atoms with Crippen molar-refractivity contribution >= 4 is 27.3 Å². The number of carbonyl (C=O) groups is 1. The number of nitrogens with zero attached hydrogens (tertiary/aromatic N) is 3. The number of rotatable bonds is 9. The first-order chi connectivity index (χ1) is 14.3. The van der Waals surface area contributed by atoms with Gasteiger partial charge in [0, 0.05) is 12.4 Å². The fourth-order valence-electron chi connectivity index (χ4n) is 3.08. The lowest BCUT2D eigenvalue weighted by Crippen LogP contribution is -2.32. The van der Waals surface area contributed by atoms with Crippen molar-refractivity contribution in [2.75, 3.05) is 0 Å². The maximum Gasteiger partial charge on any atom is 0.275 e. The van der Waals surface area contributed by atoms with Gasteiger partial charge in [-0.2, -0.15) is 4.91 Å². The Balaban J connectivity index is 2.39. The van der Waals surface area contributed by atoms with E-state index >= 15 is 0 Å². The Labute approximate surface area is 186 Å². The predicted molar refractivity (Wildman–Crippen MR) is 118 cm³/mol. The maximum absolute atomic E-state index is 12.9. The summed E-state index contributed by atoms with van der Waals surface area (Å²) < 4.78 is 27.6. The Morgan fingerprint density at radius 3 is 2.19 bits per heavy atom. The Hall–Kier alpha value is -2.24. The zero-order valence-corrected chi connectivity index (χ0v) is 20.1. The van der Waals surface area contributed by atoms with Crippen LogP contribution in [0.1, 0.15) is 80.8 Å². The van der Waals surface area contributed by atoms with Gasteiger partial charge in [0.15, 0.2) is 4.21 Å². The number of nitrogens with one attached hydrogen (secondary N) is 1. The summed E-state index contributed by atoms with van der Waals surface area (Å²) in [5.74, 6) is -0.503. The molecule has 0 aliphatic heterocycles. The van der Waals surface area contributed by atoms with Gasteiger partial charge in [0.1, 0.15) is 17.2 Å². The molecule has 0 aliphatic rings. The van der Waals surface area contributed by atoms with E-state index in [0.717, 1.165) is 16.7 Å². The monoisotopic (exact) mass is 468 g/mol. The van der Waals surface area contributed by atoms with Crippen LogP contribution in [0.5, 0.6) is 0 Å². The summed E-state index contributed by atoms with van der Waals surface area (Å²) >= 11 is 0.705. The summed E-state index contributed by atoms with van der Waals surface area (Å²) in [6, 6.07) is 0. The van der Waals surface area contributed by atoms with E-state index in [9.17, 15) is 23.2 Å². The van der Waals surface area contributed by atoms with E-state index in [2.05, 4.69) is 19.9 Å². The number of thiazole rings is 1. The van der Waals surface area contributed by atoms with Gasteiger partial charge in [-0.15, -0.1) is 11.3 Å². The van der Waals surface area contributed by atoms with Gasteiger partial charge in [0.2, 0.25) is 5.91 Å². The molecule has 2 aromatic heterocycles. The molecule has 0 aromatic carbocycles. The van der Waals surface area contributed by atoms with Gasteiger partial charge in [0.25, 0.3) is 10.0 Å². The standard InChI is InChI=1S/C20H28N4O5S2/c1-11(2)14-8-21-9-15(12(3)4)13(14)7-17(25)24-31(28,29)18-16(10-22-27)23-19(30-18)20(5,6)26/h8-9,11-12,26H,7,10H2,1-6H3,(H,24,25). The average molecular weight is 469 g/mol. The number of amides is 1. The minimum absolute atomic E-state index is 0.103. The second kappa shape index (κ2) is 9.49. The largest absolute Gasteiger partial charge is 0.383 e. The number of hydrogen-bond donors (Lipinski definition) is 2. The fraction of sp³-hybridized carbons (Fsp3) is 0.550. The van der Waals surface area contributed by atoms with Crippen LogP contribution >= 0.6 is 11.3 Å². The second-order valence-corrected chi connectivity index (χ2v) is 11.3. The third-order valence-corrected chi connectivity index (χ3v) is 7.93. The minimum atomic E-state index is -4.31. The minimum Gasteiger partial charge on any atom is -0.383 e. The normalized spacial score (nSPS) is 12.4. The molecule has 2 rings (SSSR count). The van der Waals surface area contributed by atoms with Crippen LogP contribution in [0.2, 0.25) is 0 Å². The van der Waals surface area contributed by atoms with Crippen molar-refractivity contribution < 1.29 is 18.3 Å². The highest BCUT2D eigenvalue weighted by Gasteiger charge is 2.31. The van der Waals surface area contributed by atoms with E-state index < -0.39 is 28.1 Å². The van der Waals surface area contributed by atoms with Crippen molar-refractivity contribution in [3.8, 4) is 0 Å². The first-order valence-electron chi connectivity index (χ1n) is 9.81. The summed E-state index contributed by atoms with van der Waals surface area (Å²) in [7, 11) is -4.31. The molecule has 11 heteroatoms. The van der Waals surface area contributed by atoms with Crippen molar-refractivity contribution in [1.29, 1.82) is 0 Å². The highest BCUT2D eigenvalue weighted by Crippen LogP contribution is 2.32. The van der Waals surface area contributed by atoms with Gasteiger partial charge in [0.05, 0.1) is 12.1 Å². The lowest BCUT2D eigenvalue weighted by atomic mass is 9.89. The number of hydrogen-bond acceptors (Lipinski definition) is 9. The van der Waals surface area contributed by atoms with E-state index in [0.29, 0.717) is 11.3 Å². The van der Waals surface area contributed by atoms with Crippen molar-refractivity contribution in [1.82, 2.24) is 14.7 Å². The molecule has 31 heavy (non-hydrogen) atoms. The van der Waals surface area contributed by atoms with Crippen molar-refractivity contribution in [3.05, 3.63) is 44.7 Å². The number of nitroso groups, excluding NO2 is 1. The smallest absolute Gasteiger partial charge is 0.275 e. The molecule has 0 saturated heterocycles. The molecule has 170 valence electrons. The summed E-state index contributed by atoms with van der Waals surface area (Å²) in [6.45, 7) is 10.3. The molecule has 0 radical (unpaired) electrons. The van der Waals surface area contributed by atoms with Crippen LogP contribution in [0, 0.1) is 4.91 Å². The Morgan fingerprint density at radius 1 is 1.19 bits per heavy atom. The van der Waals surface area contributed by atoms with Gasteiger partial charge in [-0.25, -0.2) is 18.1 Å². The van der Waals surface area contributed by atoms with Crippen LogP contribution < -0.4 is 4.72 Å². The molecule has 1 amide bonds. The van der Waals surface area contributed by atoms with Crippen LogP contribution in [-0.4, -0.2) is 29.4 Å². The highest BCUT2D eigenvalue weighted by atomic mass is 32.2. The zero-order valence-electron chi connectivity index (χ0n) is 18.5. The molecule has 2 heterocycles.